The van der Waals surface area contributed by atoms with E-state index in [1.165, 1.54) is 0 Å². The van der Waals surface area contributed by atoms with Crippen LogP contribution in [0.15, 0.2) is 0 Å². The predicted octanol–water partition coefficient (Wildman–Crippen LogP) is 1.68. The van der Waals surface area contributed by atoms with Crippen molar-refractivity contribution in [2.75, 3.05) is 0 Å². The van der Waals surface area contributed by atoms with E-state index in [9.17, 15) is 0 Å². The van der Waals surface area contributed by atoms with Crippen LogP contribution in [-0.2, 0) is 0 Å². The van der Waals surface area contributed by atoms with E-state index in [1.807, 2.05) is 6.92 Å². The fraction of sp³-hybridized carbons (Fsp3) is 0.500. The molecular formula is C4H10Db-2. The zero-order valence-electron chi connectivity index (χ0n) is 4.12. The van der Waals surface area contributed by atoms with E-state index in [2.05, 4.69) is 6.92 Å². The van der Waals surface area contributed by atoms with Crippen LogP contribution in [0, 0.1) is 14.4 Å². The van der Waals surface area contributed by atoms with Crippen LogP contribution in [0.5, 0.6) is 0 Å². The molecule has 0 fully saturated rings. The molecule has 0 spiro atoms. The van der Waals surface area contributed by atoms with Crippen LogP contribution < -0.4 is 0 Å². The summed E-state index contributed by atoms with van der Waals surface area (Å²) in [6.45, 7) is 5.50. The summed E-state index contributed by atoms with van der Waals surface area (Å²) in [6.07, 6.45) is 1.00. The average Bonchev–Trinajstić information content (AvgIpc) is 0.918. The van der Waals surface area contributed by atoms with Crippen molar-refractivity contribution in [3.63, 3.8) is 0 Å². The van der Waals surface area contributed by atoms with E-state index in [1.54, 1.807) is 0 Å². The molecule has 0 aromatic heterocycles. The summed E-state index contributed by atoms with van der Waals surface area (Å²) < 4.78 is 0. The average molecular weight is 326 g/mol. The second-order valence-corrected chi connectivity index (χ2v) is 0.500. The third-order valence-corrected chi connectivity index (χ3v) is 0. The molecule has 0 rings (SSSR count). The fourth-order valence-corrected chi connectivity index (χ4v) is 0. The summed E-state index contributed by atoms with van der Waals surface area (Å²) >= 11 is 0. The van der Waals surface area contributed by atoms with E-state index in [-0.39, 0.29) is 7.43 Å². The molecule has 0 aliphatic rings. The third-order valence-electron chi connectivity index (χ3n) is 0. The molecule has 1 heteroatoms. The van der Waals surface area contributed by atoms with Crippen LogP contribution in [0.3, 0.4) is 0 Å². The SMILES string of the molecule is [CH2-]CC.[CH3-].[Db]. The molecule has 0 amide bonds. The Morgan fingerprint density at radius 1 is 1.60 bits per heavy atom. The third kappa shape index (κ3) is 3.00. The fourth-order valence-electron chi connectivity index (χ4n) is 0. The zero-order valence-corrected chi connectivity index (χ0v) is 10.6. The molecule has 0 atom stereocenters. The van der Waals surface area contributed by atoms with Gasteiger partial charge in [0.15, 0.2) is 0 Å². The Morgan fingerprint density at radius 3 is 1.60 bits per heavy atom. The molecule has 0 unspecified atom stereocenters. The van der Waals surface area contributed by atoms with Crippen molar-refractivity contribution in [3.05, 3.63) is 14.4 Å². The van der Waals surface area contributed by atoms with E-state index in [4.69, 9.17) is 0 Å². The van der Waals surface area contributed by atoms with E-state index in [0.29, 0.717) is 0 Å². The van der Waals surface area contributed by atoms with Gasteiger partial charge in [0.25, 0.3) is 0 Å². The van der Waals surface area contributed by atoms with Crippen molar-refractivity contribution >= 4 is 0 Å². The van der Waals surface area contributed by atoms with Crippen molar-refractivity contribution in [3.8, 4) is 0 Å². The van der Waals surface area contributed by atoms with Gasteiger partial charge < -0.3 is 14.4 Å². The minimum absolute atomic E-state index is 0. The summed E-state index contributed by atoms with van der Waals surface area (Å²) in [6, 6.07) is 0. The summed E-state index contributed by atoms with van der Waals surface area (Å²) in [5.41, 5.74) is 0. The molecule has 30 valence electrons. The maximum atomic E-state index is 3.49. The molecule has 0 aliphatic heterocycles. The van der Waals surface area contributed by atoms with Gasteiger partial charge in [-0.15, -0.1) is 0 Å². The Kier molecular flexibility index (Phi) is 0. The minimum atomic E-state index is 0. The van der Waals surface area contributed by atoms with Crippen molar-refractivity contribution in [1.82, 2.24) is 0 Å². The normalized spacial score (nSPS) is 3.60. The molecule has 0 aromatic carbocycles. The molecule has 0 radical (unpaired) electrons. The first kappa shape index (κ1) is 36.0. The van der Waals surface area contributed by atoms with E-state index in [0.717, 1.165) is 6.42 Å². The first-order valence-corrected chi connectivity index (χ1v) is 1.21. The molecule has 0 aromatic rings. The van der Waals surface area contributed by atoms with Gasteiger partial charge in [0.1, 0.15) is 0 Å². The number of rotatable bonds is 0. The maximum Gasteiger partial charge on any atom is 0 e. The largest absolute Gasteiger partial charge is 0.358 e. The van der Waals surface area contributed by atoms with Gasteiger partial charge in [-0.2, -0.15) is 6.42 Å². The van der Waals surface area contributed by atoms with Gasteiger partial charge >= 0.3 is 0 Å². The Morgan fingerprint density at radius 2 is 1.60 bits per heavy atom. The van der Waals surface area contributed by atoms with Crippen LogP contribution in [-0.4, -0.2) is 0 Å². The summed E-state index contributed by atoms with van der Waals surface area (Å²) in [5, 5.41) is 0. The smallest absolute Gasteiger partial charge is 0 e. The second-order valence-electron chi connectivity index (χ2n) is 0.500. The quantitative estimate of drug-likeness (QED) is 0.594. The standard InChI is InChI=1S/C3H7.CH3.Db/c1-3-2;;/h1,3H2,2H3;1H3;/q2*-1;. The summed E-state index contributed by atoms with van der Waals surface area (Å²) in [7, 11) is 0. The number of hydrogen-bond acceptors (Lipinski definition) is 0. The van der Waals surface area contributed by atoms with Gasteiger partial charge in [0.2, 0.25) is 0 Å². The first-order valence-electron chi connectivity index (χ1n) is 1.21. The molecular weight excluding hydrogens is 316 g/mol. The molecule has 5 heavy (non-hydrogen) atoms. The van der Waals surface area contributed by atoms with Crippen LogP contribution in [0.2, 0.25) is 0 Å². The zero-order chi connectivity index (χ0) is 2.71. The summed E-state index contributed by atoms with van der Waals surface area (Å²) in [5.74, 6) is 0. The predicted molar refractivity (Wildman–Crippen MR) is 22.1 cm³/mol. The van der Waals surface area contributed by atoms with Gasteiger partial charge in [-0.1, -0.05) is 6.92 Å². The van der Waals surface area contributed by atoms with Gasteiger partial charge in [-0.05, 0) is 0 Å². The van der Waals surface area contributed by atoms with E-state index >= 15 is 0 Å². The van der Waals surface area contributed by atoms with Crippen LogP contribution in [0.25, 0.3) is 0 Å². The first-order chi connectivity index (χ1) is 1.41. The van der Waals surface area contributed by atoms with Gasteiger partial charge in [-0.25, -0.2) is 0 Å². The Hall–Kier alpha value is -1.00. The van der Waals surface area contributed by atoms with E-state index < -0.39 is 0 Å². The van der Waals surface area contributed by atoms with Crippen LogP contribution >= 0.6 is 0 Å². The molecule has 0 N–H and O–H groups in total. The second kappa shape index (κ2) is 0. The Bertz CT molecular complexity index is 3.61. The van der Waals surface area contributed by atoms with Crippen molar-refractivity contribution < 1.29 is 0 Å². The minimum Gasteiger partial charge on any atom is -0.358 e. The van der Waals surface area contributed by atoms with Crippen molar-refractivity contribution in [1.29, 1.82) is 0 Å². The monoisotopic (exact) mass is 326 g/mol. The number of hydrogen-bond donors (Lipinski definition) is 0. The van der Waals surface area contributed by atoms with Gasteiger partial charge in [0, 0.05) is 0 Å². The Labute approximate surface area is 28.8 Å². The van der Waals surface area contributed by atoms with Gasteiger partial charge in [-0.3, -0.25) is 0 Å². The molecule has 0 heterocycles. The molecule has 0 saturated carbocycles. The van der Waals surface area contributed by atoms with Crippen LogP contribution in [0.4, 0.5) is 0 Å². The molecule has 0 aliphatic carbocycles. The maximum absolute atomic E-state index is 3.49. The molecule has 0 nitrogen and oxygen atoms in total. The topological polar surface area (TPSA) is 0 Å². The molecule has 0 saturated heterocycles. The molecule has 0 bridgehead atoms. The van der Waals surface area contributed by atoms with Gasteiger partial charge in [0.05, 0.1) is 0 Å². The van der Waals surface area contributed by atoms with Crippen LogP contribution in [0.1, 0.15) is 13.3 Å². The van der Waals surface area contributed by atoms with Crippen molar-refractivity contribution in [2.45, 2.75) is 13.3 Å². The Balaban J connectivity index is -0.0000000200. The summed E-state index contributed by atoms with van der Waals surface area (Å²) in [4.78, 5) is 0. The van der Waals surface area contributed by atoms with Crippen molar-refractivity contribution in [2.24, 2.45) is 0 Å².